The first kappa shape index (κ1) is 75.1. The Balaban J connectivity index is 0.660. The number of carbonyl (C=O) groups is 7. The Morgan fingerprint density at radius 2 is 1.38 bits per heavy atom. The molecule has 530 valence electrons. The lowest BCUT2D eigenvalue weighted by atomic mass is 9.95. The minimum absolute atomic E-state index is 0.0310. The van der Waals surface area contributed by atoms with Gasteiger partial charge in [-0.1, -0.05) is 100 Å². The largest absolute Gasteiger partial charge is 0.496 e. The van der Waals surface area contributed by atoms with Crippen LogP contribution < -0.4 is 53.0 Å². The van der Waals surface area contributed by atoms with Gasteiger partial charge in [0.05, 0.1) is 90.7 Å². The summed E-state index contributed by atoms with van der Waals surface area (Å²) >= 11 is 0. The minimum Gasteiger partial charge on any atom is -0.496 e. The lowest BCUT2D eigenvalue weighted by molar-refractivity contribution is -0.147. The van der Waals surface area contributed by atoms with E-state index in [9.17, 15) is 33.6 Å². The normalized spacial score (nSPS) is 13.3. The van der Waals surface area contributed by atoms with Crippen LogP contribution in [0.1, 0.15) is 112 Å². The summed E-state index contributed by atoms with van der Waals surface area (Å²) in [5.41, 5.74) is 19.5. The Morgan fingerprint density at radius 1 is 0.687 bits per heavy atom. The number of aromatic nitrogens is 3. The van der Waals surface area contributed by atoms with E-state index in [4.69, 9.17) is 39.9 Å². The lowest BCUT2D eigenvalue weighted by Gasteiger charge is -2.39. The zero-order valence-corrected chi connectivity index (χ0v) is 57.2. The number of nitrogens with two attached hydrogens (primary N) is 2. The van der Waals surface area contributed by atoms with E-state index in [1.807, 2.05) is 60.8 Å². The SMILES string of the molecule is CCCCCNc1nc(N)nc2ccn(Cc3ccc(CN4CC(CC(=O)OCc5ccc(NC(=O)[C@H](CCCNC(N)=O)NC(=O)[C@@H](NC(=O)CCOCCOCCOCCOCCNC(=O)CCC(=O)N6Cc7ccccc7C#Cc7ccccc76)C(C)C)cc5)C4)cc3OC)c12. The summed E-state index contributed by atoms with van der Waals surface area (Å²) in [6.45, 7) is 12.2. The first-order valence-electron chi connectivity index (χ1n) is 34.0. The van der Waals surface area contributed by atoms with E-state index >= 15 is 0 Å². The lowest BCUT2D eigenvalue weighted by Crippen LogP contribution is -2.54. The van der Waals surface area contributed by atoms with Crippen molar-refractivity contribution in [2.24, 2.45) is 17.6 Å². The minimum atomic E-state index is -1.05. The van der Waals surface area contributed by atoms with Gasteiger partial charge in [-0.25, -0.2) is 9.78 Å². The summed E-state index contributed by atoms with van der Waals surface area (Å²) in [6.07, 6.45) is 6.04. The van der Waals surface area contributed by atoms with Gasteiger partial charge in [-0.2, -0.15) is 4.98 Å². The molecule has 8 rings (SSSR count). The van der Waals surface area contributed by atoms with Crippen LogP contribution in [0.2, 0.25) is 0 Å². The molecule has 26 nitrogen and oxygen atoms in total. The van der Waals surface area contributed by atoms with Gasteiger partial charge in [0.25, 0.3) is 0 Å². The predicted octanol–water partition coefficient (Wildman–Crippen LogP) is 6.55. The molecule has 99 heavy (non-hydrogen) atoms. The number of benzene rings is 4. The second-order valence-corrected chi connectivity index (χ2v) is 24.7. The number of primary amides is 1. The van der Waals surface area contributed by atoms with Crippen LogP contribution in [0.15, 0.2) is 103 Å². The first-order valence-corrected chi connectivity index (χ1v) is 34.0. The molecule has 0 radical (unpaired) electrons. The molecule has 10 N–H and O–H groups in total. The molecule has 2 atom stereocenters. The van der Waals surface area contributed by atoms with Gasteiger partial charge in [0.15, 0.2) is 5.82 Å². The van der Waals surface area contributed by atoms with Gasteiger partial charge >= 0.3 is 12.0 Å². The first-order chi connectivity index (χ1) is 48.0. The number of nitrogens with zero attached hydrogens (tertiary/aromatic N) is 5. The maximum absolute atomic E-state index is 13.8. The number of ether oxygens (including phenoxy) is 6. The Morgan fingerprint density at radius 3 is 2.11 bits per heavy atom. The number of para-hydroxylation sites is 1. The molecule has 1 saturated heterocycles. The van der Waals surface area contributed by atoms with Crippen molar-refractivity contribution in [3.8, 4) is 17.6 Å². The van der Waals surface area contributed by atoms with E-state index in [0.29, 0.717) is 69.6 Å². The van der Waals surface area contributed by atoms with E-state index in [1.54, 1.807) is 50.1 Å². The van der Waals surface area contributed by atoms with Gasteiger partial charge < -0.3 is 81.3 Å². The molecule has 2 aliphatic rings. The quantitative estimate of drug-likeness (QED) is 0.0114. The van der Waals surface area contributed by atoms with Crippen LogP contribution >= 0.6 is 0 Å². The van der Waals surface area contributed by atoms with Gasteiger partial charge in [-0.3, -0.25) is 33.7 Å². The van der Waals surface area contributed by atoms with Crippen LogP contribution in [0.25, 0.3) is 11.0 Å². The Hall–Kier alpha value is -9.65. The van der Waals surface area contributed by atoms with Crippen molar-refractivity contribution in [3.05, 3.63) is 137 Å². The van der Waals surface area contributed by atoms with Crippen LogP contribution in [-0.4, -0.2) is 166 Å². The number of hydrogen-bond acceptors (Lipinski definition) is 18. The molecule has 0 unspecified atom stereocenters. The molecule has 0 bridgehead atoms. The topological polar surface area (TPSA) is 336 Å². The van der Waals surface area contributed by atoms with E-state index in [1.165, 1.54) is 0 Å². The molecular formula is C73H95N13O13. The fraction of sp³-hybridized carbons (Fsp3) is 0.466. The summed E-state index contributed by atoms with van der Waals surface area (Å²) < 4.78 is 36.0. The third kappa shape index (κ3) is 24.4. The number of carbonyl (C=O) groups excluding carboxylic acids is 7. The van der Waals surface area contributed by atoms with Crippen LogP contribution in [0.3, 0.4) is 0 Å². The number of nitrogen functional groups attached to an aromatic ring is 1. The highest BCUT2D eigenvalue weighted by Crippen LogP contribution is 2.30. The Bertz CT molecular complexity index is 3720. The van der Waals surface area contributed by atoms with E-state index in [-0.39, 0.29) is 114 Å². The number of likely N-dealkylation sites (tertiary alicyclic amines) is 1. The van der Waals surface area contributed by atoms with E-state index < -0.39 is 35.8 Å². The number of nitrogens with one attached hydrogen (secondary N) is 6. The molecule has 4 aromatic carbocycles. The maximum atomic E-state index is 13.8. The smallest absolute Gasteiger partial charge is 0.312 e. The molecule has 0 spiro atoms. The fourth-order valence-electron chi connectivity index (χ4n) is 11.4. The van der Waals surface area contributed by atoms with Gasteiger partial charge in [0, 0.05) is 87.1 Å². The molecular weight excluding hydrogens is 1270 g/mol. The molecule has 4 heterocycles. The molecule has 1 fully saturated rings. The van der Waals surface area contributed by atoms with Crippen LogP contribution in [0.5, 0.6) is 5.75 Å². The molecule has 2 aliphatic heterocycles. The predicted molar refractivity (Wildman–Crippen MR) is 376 cm³/mol. The number of urea groups is 1. The fourth-order valence-corrected chi connectivity index (χ4v) is 11.4. The van der Waals surface area contributed by atoms with E-state index in [2.05, 4.69) is 88.3 Å². The number of anilines is 4. The average molecular weight is 1360 g/mol. The second-order valence-electron chi connectivity index (χ2n) is 24.7. The summed E-state index contributed by atoms with van der Waals surface area (Å²) in [5, 5.41) is 17.2. The number of esters is 1. The van der Waals surface area contributed by atoms with Crippen LogP contribution in [-0.2, 0) is 78.7 Å². The number of amides is 7. The van der Waals surface area contributed by atoms with Gasteiger partial charge in [0.2, 0.25) is 35.5 Å². The number of methoxy groups -OCH3 is 1. The maximum Gasteiger partial charge on any atom is 0.312 e. The number of hydrogen-bond donors (Lipinski definition) is 8. The third-order valence-corrected chi connectivity index (χ3v) is 16.7. The molecule has 26 heteroatoms. The molecule has 0 saturated carbocycles. The van der Waals surface area contributed by atoms with Gasteiger partial charge in [-0.05, 0) is 90.3 Å². The third-order valence-electron chi connectivity index (χ3n) is 16.7. The highest BCUT2D eigenvalue weighted by molar-refractivity contribution is 5.99. The van der Waals surface area contributed by atoms with Crippen molar-refractivity contribution in [2.45, 2.75) is 117 Å². The van der Waals surface area contributed by atoms with Crippen molar-refractivity contribution in [1.82, 2.24) is 40.7 Å². The van der Waals surface area contributed by atoms with Crippen molar-refractivity contribution in [1.29, 1.82) is 0 Å². The monoisotopic (exact) mass is 1360 g/mol. The van der Waals surface area contributed by atoms with Crippen LogP contribution in [0, 0.1) is 23.7 Å². The average Bonchev–Trinajstić information content (AvgIpc) is 1.71. The number of unbranched alkanes of at least 4 members (excludes halogenated alkanes) is 2. The molecule has 2 aromatic heterocycles. The van der Waals surface area contributed by atoms with Crippen LogP contribution in [0.4, 0.5) is 27.9 Å². The summed E-state index contributed by atoms with van der Waals surface area (Å²) in [7, 11) is 1.67. The highest BCUT2D eigenvalue weighted by Gasteiger charge is 2.31. The number of rotatable bonds is 42. The van der Waals surface area contributed by atoms with E-state index in [0.717, 1.165) is 89.2 Å². The summed E-state index contributed by atoms with van der Waals surface area (Å²) in [6, 6.07) is 27.5. The van der Waals surface area contributed by atoms with Gasteiger partial charge in [-0.15, -0.1) is 0 Å². The zero-order chi connectivity index (χ0) is 70.3. The molecule has 0 aliphatic carbocycles. The standard InChI is InChI=1S/C73H95N13O13/c1-5-6-11-30-77-69-68-59(81-72(74)83-69)28-33-85(68)47-57-21-18-52(42-62(57)94-4)44-84-45-53(46-84)43-66(90)99-49-51-19-24-58(25-20-51)79-70(91)60(16-12-31-78-73(75)93)80-71(92)67(50(2)3)82-64(88)29-34-95-36-38-97-40-41-98-39-37-96-35-32-76-63(87)26-27-65(89)86-48-56-15-8-7-13-54(56)22-23-55-14-9-10-17-61(55)86/h7-10,13-15,17-21,24-25,28,33,42,50,53,60,67H,5-6,11-12,16,26-27,29-32,34-41,43-49H2,1-4H3,(H,76,87)(H,79,91)(H,80,92)(H,82,88)(H3,75,78,93)(H3,74,77,81,83)/t60-,67-/m0/s1. The summed E-state index contributed by atoms with van der Waals surface area (Å²) in [5.74, 6) is 5.70. The Labute approximate surface area is 578 Å². The zero-order valence-electron chi connectivity index (χ0n) is 57.2. The molecule has 6 aromatic rings. The highest BCUT2D eigenvalue weighted by atomic mass is 16.6. The van der Waals surface area contributed by atoms with Crippen molar-refractivity contribution < 1.29 is 62.0 Å². The van der Waals surface area contributed by atoms with Gasteiger partial charge in [0.1, 0.15) is 30.0 Å². The molecule has 7 amide bonds. The van der Waals surface area contributed by atoms with Crippen molar-refractivity contribution in [3.63, 3.8) is 0 Å². The van der Waals surface area contributed by atoms with Crippen molar-refractivity contribution >= 4 is 75.7 Å². The number of fused-ring (bicyclic) bond motifs is 3. The summed E-state index contributed by atoms with van der Waals surface area (Å²) in [4.78, 5) is 104. The Kier molecular flexibility index (Phi) is 30.1. The second kappa shape index (κ2) is 39.7. The van der Waals surface area contributed by atoms with Crippen molar-refractivity contribution in [2.75, 3.05) is 114 Å².